The molecule has 92 valence electrons. The number of terminal acetylenes is 1. The van der Waals surface area contributed by atoms with Gasteiger partial charge in [0.2, 0.25) is 0 Å². The molecule has 0 aromatic heterocycles. The molecule has 1 fully saturated rings. The van der Waals surface area contributed by atoms with Gasteiger partial charge in [-0.1, -0.05) is 30.4 Å². The van der Waals surface area contributed by atoms with Crippen LogP contribution >= 0.6 is 0 Å². The second kappa shape index (κ2) is 7.77. The average molecular weight is 276 g/mol. The molecular weight excluding hydrogens is 260 g/mol. The number of allylic oxidation sites excluding steroid dienone is 2. The summed E-state index contributed by atoms with van der Waals surface area (Å²) in [4.78, 5) is 0. The zero-order valence-electron chi connectivity index (χ0n) is 10.2. The van der Waals surface area contributed by atoms with Gasteiger partial charge in [0, 0.05) is 0 Å². The summed E-state index contributed by atoms with van der Waals surface area (Å²) in [5.74, 6) is 2.79. The third-order valence-corrected chi connectivity index (χ3v) is 2.96. The summed E-state index contributed by atoms with van der Waals surface area (Å²) in [6.07, 6.45) is 9.17. The van der Waals surface area contributed by atoms with Crippen LogP contribution in [0, 0.1) is 12.3 Å². The summed E-state index contributed by atoms with van der Waals surface area (Å²) in [6, 6.07) is 18.2. The van der Waals surface area contributed by atoms with E-state index in [4.69, 9.17) is 6.42 Å². The Labute approximate surface area is 120 Å². The first-order valence-corrected chi connectivity index (χ1v) is 5.99. The molecule has 0 saturated heterocycles. The molecule has 0 atom stereocenters. The third kappa shape index (κ3) is 3.77. The van der Waals surface area contributed by atoms with E-state index in [0.717, 1.165) is 5.57 Å². The van der Waals surface area contributed by atoms with Gasteiger partial charge in [0.05, 0.1) is 0 Å². The third-order valence-electron chi connectivity index (χ3n) is 2.96. The van der Waals surface area contributed by atoms with Crippen LogP contribution < -0.4 is 0 Å². The van der Waals surface area contributed by atoms with Crippen LogP contribution in [0.2, 0.25) is 0 Å². The molecule has 1 aliphatic carbocycles. The maximum Gasteiger partial charge on any atom is 2.00 e. The molecule has 0 radical (unpaired) electrons. The van der Waals surface area contributed by atoms with Crippen molar-refractivity contribution in [3.8, 4) is 12.3 Å². The Kier molecular flexibility index (Phi) is 6.29. The maximum absolute atomic E-state index is 5.47. The average Bonchev–Trinajstić information content (AvgIpc) is 2.96. The first-order valence-electron chi connectivity index (χ1n) is 5.99. The van der Waals surface area contributed by atoms with Crippen molar-refractivity contribution in [3.05, 3.63) is 65.7 Å². The smallest absolute Gasteiger partial charge is 0.214 e. The van der Waals surface area contributed by atoms with Crippen LogP contribution in [0.4, 0.5) is 0 Å². The Balaban J connectivity index is 0.000000230. The van der Waals surface area contributed by atoms with Crippen molar-refractivity contribution in [3.63, 3.8) is 0 Å². The van der Waals surface area contributed by atoms with Crippen LogP contribution in [0.1, 0.15) is 24.8 Å². The van der Waals surface area contributed by atoms with Crippen molar-refractivity contribution in [2.75, 3.05) is 0 Å². The molecule has 0 unspecified atom stereocenters. The Morgan fingerprint density at radius 2 is 1.72 bits per heavy atom. The number of rotatable bonds is 1. The van der Waals surface area contributed by atoms with Gasteiger partial charge in [-0.2, -0.15) is 42.7 Å². The molecule has 0 bridgehead atoms. The van der Waals surface area contributed by atoms with E-state index in [2.05, 4.69) is 18.1 Å². The molecule has 1 saturated carbocycles. The molecule has 0 N–H and O–H groups in total. The van der Waals surface area contributed by atoms with Gasteiger partial charge in [-0.25, -0.2) is 12.1 Å². The van der Waals surface area contributed by atoms with Crippen molar-refractivity contribution in [1.29, 1.82) is 0 Å². The van der Waals surface area contributed by atoms with Gasteiger partial charge in [0.1, 0.15) is 0 Å². The van der Waals surface area contributed by atoms with Gasteiger partial charge < -0.3 is 0 Å². The van der Waals surface area contributed by atoms with E-state index in [9.17, 15) is 0 Å². The quantitative estimate of drug-likeness (QED) is 0.412. The molecular formula is C17H16Fe. The van der Waals surface area contributed by atoms with E-state index in [0.29, 0.717) is 0 Å². The van der Waals surface area contributed by atoms with E-state index in [1.54, 1.807) is 0 Å². The topological polar surface area (TPSA) is 0 Å². The molecule has 2 aromatic carbocycles. The normalized spacial score (nSPS) is 12.3. The van der Waals surface area contributed by atoms with E-state index in [1.807, 2.05) is 42.5 Å². The van der Waals surface area contributed by atoms with Crippen LogP contribution in [-0.4, -0.2) is 0 Å². The number of hydrogen-bond acceptors (Lipinski definition) is 0. The summed E-state index contributed by atoms with van der Waals surface area (Å²) >= 11 is 0. The Morgan fingerprint density at radius 1 is 1.11 bits per heavy atom. The second-order valence-corrected chi connectivity index (χ2v) is 4.11. The summed E-state index contributed by atoms with van der Waals surface area (Å²) in [5.41, 5.74) is 3.81. The molecule has 0 heterocycles. The molecule has 2 aromatic rings. The predicted molar refractivity (Wildman–Crippen MR) is 73.7 cm³/mol. The van der Waals surface area contributed by atoms with Crippen molar-refractivity contribution in [2.24, 2.45) is 0 Å². The molecule has 0 nitrogen and oxygen atoms in total. The standard InChI is InChI=1S/C12H11.C5H5.Fe/c1-2-12(11-8-5-9-11)10-6-3-4-7-10;1-2-4-5-3-1;/h1,3-4,6-7H,5,8-9H2;1-5H;/q2*-1;+2. The van der Waals surface area contributed by atoms with E-state index in [1.165, 1.54) is 30.4 Å². The van der Waals surface area contributed by atoms with Crippen molar-refractivity contribution in [2.45, 2.75) is 19.3 Å². The van der Waals surface area contributed by atoms with E-state index >= 15 is 0 Å². The monoisotopic (exact) mass is 276 g/mol. The summed E-state index contributed by atoms with van der Waals surface area (Å²) in [5, 5.41) is 0. The van der Waals surface area contributed by atoms with E-state index < -0.39 is 0 Å². The van der Waals surface area contributed by atoms with Gasteiger partial charge in [0.15, 0.2) is 0 Å². The first-order chi connectivity index (χ1) is 8.42. The van der Waals surface area contributed by atoms with Crippen LogP contribution in [0.15, 0.2) is 60.2 Å². The fourth-order valence-corrected chi connectivity index (χ4v) is 1.85. The van der Waals surface area contributed by atoms with Gasteiger partial charge in [-0.3, -0.25) is 0 Å². The molecule has 1 aliphatic rings. The van der Waals surface area contributed by atoms with Crippen LogP contribution in [0.3, 0.4) is 0 Å². The zero-order valence-corrected chi connectivity index (χ0v) is 11.4. The van der Waals surface area contributed by atoms with Gasteiger partial charge >= 0.3 is 17.1 Å². The Bertz CT molecular complexity index is 469. The minimum Gasteiger partial charge on any atom is -0.214 e. The minimum absolute atomic E-state index is 0. The molecule has 3 rings (SSSR count). The largest absolute Gasteiger partial charge is 2.00 e. The molecule has 1 heteroatoms. The van der Waals surface area contributed by atoms with Gasteiger partial charge in [0.25, 0.3) is 0 Å². The van der Waals surface area contributed by atoms with Gasteiger partial charge in [-0.15, -0.1) is 17.7 Å². The zero-order chi connectivity index (χ0) is 11.9. The summed E-state index contributed by atoms with van der Waals surface area (Å²) in [7, 11) is 0. The van der Waals surface area contributed by atoms with E-state index in [-0.39, 0.29) is 17.1 Å². The molecule has 0 spiro atoms. The predicted octanol–water partition coefficient (Wildman–Crippen LogP) is 4.38. The van der Waals surface area contributed by atoms with Gasteiger partial charge in [-0.05, 0) is 0 Å². The van der Waals surface area contributed by atoms with Crippen LogP contribution in [0.25, 0.3) is 5.57 Å². The van der Waals surface area contributed by atoms with Crippen molar-refractivity contribution >= 4 is 5.57 Å². The van der Waals surface area contributed by atoms with Crippen LogP contribution in [-0.2, 0) is 17.1 Å². The SMILES string of the molecule is C#CC(=C1CCC1)[c-]1cccc1.[Fe+2].c1cc[cH-]c1. The Morgan fingerprint density at radius 3 is 2.06 bits per heavy atom. The van der Waals surface area contributed by atoms with Crippen LogP contribution in [0.5, 0.6) is 0 Å². The number of hydrogen-bond donors (Lipinski definition) is 0. The van der Waals surface area contributed by atoms with Crippen molar-refractivity contribution in [1.82, 2.24) is 0 Å². The Hall–Kier alpha value is -1.48. The minimum atomic E-state index is 0. The maximum atomic E-state index is 5.47. The summed E-state index contributed by atoms with van der Waals surface area (Å²) < 4.78 is 0. The summed E-state index contributed by atoms with van der Waals surface area (Å²) in [6.45, 7) is 0. The fourth-order valence-electron chi connectivity index (χ4n) is 1.85. The molecule has 0 amide bonds. The van der Waals surface area contributed by atoms with Crippen molar-refractivity contribution < 1.29 is 17.1 Å². The fraction of sp³-hybridized carbons (Fsp3) is 0.176. The second-order valence-electron chi connectivity index (χ2n) is 4.11. The molecule has 0 aliphatic heterocycles. The first kappa shape index (κ1) is 14.6. The molecule has 18 heavy (non-hydrogen) atoms.